The first-order chi connectivity index (χ1) is 7.61. The third-order valence-corrected chi connectivity index (χ3v) is 4.68. The lowest BCUT2D eigenvalue weighted by atomic mass is 10.1. The van der Waals surface area contributed by atoms with Gasteiger partial charge in [0.25, 0.3) is 0 Å². The Morgan fingerprint density at radius 3 is 3.00 bits per heavy atom. The molecule has 2 unspecified atom stereocenters. The summed E-state index contributed by atoms with van der Waals surface area (Å²) < 4.78 is 0. The zero-order valence-electron chi connectivity index (χ0n) is 10.1. The highest BCUT2D eigenvalue weighted by Gasteiger charge is 2.27. The van der Waals surface area contributed by atoms with Crippen molar-refractivity contribution in [1.82, 2.24) is 4.98 Å². The van der Waals surface area contributed by atoms with E-state index in [2.05, 4.69) is 23.7 Å². The molecule has 0 radical (unpaired) electrons. The average molecular weight is 237 g/mol. The van der Waals surface area contributed by atoms with Gasteiger partial charge in [-0.15, -0.1) is 0 Å². The maximum atomic E-state index is 6.11. The number of hydrogen-bond donors (Lipinski definition) is 1. The minimum absolute atomic E-state index is 0.496. The van der Waals surface area contributed by atoms with Gasteiger partial charge in [0, 0.05) is 29.8 Å². The number of anilines is 2. The van der Waals surface area contributed by atoms with Gasteiger partial charge in [0.15, 0.2) is 5.82 Å². The molecule has 2 heterocycles. The number of rotatable bonds is 1. The van der Waals surface area contributed by atoms with Gasteiger partial charge in [-0.1, -0.05) is 6.92 Å². The zero-order valence-corrected chi connectivity index (χ0v) is 10.9. The summed E-state index contributed by atoms with van der Waals surface area (Å²) in [5.41, 5.74) is 8.05. The molecule has 0 aliphatic carbocycles. The van der Waals surface area contributed by atoms with Crippen LogP contribution in [0.3, 0.4) is 0 Å². The molecule has 1 aromatic rings. The molecular formula is C12H19N3S. The Morgan fingerprint density at radius 2 is 2.25 bits per heavy atom. The zero-order chi connectivity index (χ0) is 11.7. The summed E-state index contributed by atoms with van der Waals surface area (Å²) in [6, 6.07) is 2.46. The van der Waals surface area contributed by atoms with Crippen molar-refractivity contribution < 1.29 is 0 Å². The predicted octanol–water partition coefficient (Wildman–Crippen LogP) is 2.30. The van der Waals surface area contributed by atoms with Crippen molar-refractivity contribution in [3.05, 3.63) is 17.8 Å². The van der Waals surface area contributed by atoms with E-state index in [4.69, 9.17) is 5.73 Å². The molecule has 2 atom stereocenters. The Bertz CT molecular complexity index is 381. The van der Waals surface area contributed by atoms with Gasteiger partial charge in [0.2, 0.25) is 0 Å². The molecule has 1 aliphatic rings. The number of nitrogens with zero attached hydrogens (tertiary/aromatic N) is 2. The van der Waals surface area contributed by atoms with Gasteiger partial charge in [0.1, 0.15) is 0 Å². The van der Waals surface area contributed by atoms with Crippen LogP contribution >= 0.6 is 11.8 Å². The smallest absolute Gasteiger partial charge is 0.152 e. The molecule has 0 spiro atoms. The van der Waals surface area contributed by atoms with Crippen LogP contribution in [0.15, 0.2) is 12.3 Å². The SMILES string of the molecule is Cc1ccnc(N2CCSC(C)C2C)c1N. The number of nitrogens with two attached hydrogens (primary N) is 1. The van der Waals surface area contributed by atoms with Crippen molar-refractivity contribution >= 4 is 23.3 Å². The van der Waals surface area contributed by atoms with Gasteiger partial charge in [-0.25, -0.2) is 4.98 Å². The van der Waals surface area contributed by atoms with Crippen LogP contribution in [0.5, 0.6) is 0 Å². The molecule has 0 saturated carbocycles. The van der Waals surface area contributed by atoms with E-state index >= 15 is 0 Å². The van der Waals surface area contributed by atoms with Crippen LogP contribution in [0.1, 0.15) is 19.4 Å². The molecule has 4 heteroatoms. The largest absolute Gasteiger partial charge is 0.396 e. The van der Waals surface area contributed by atoms with E-state index < -0.39 is 0 Å². The van der Waals surface area contributed by atoms with Crippen LogP contribution in [0.2, 0.25) is 0 Å². The fourth-order valence-electron chi connectivity index (χ4n) is 2.02. The first kappa shape index (κ1) is 11.6. The van der Waals surface area contributed by atoms with Gasteiger partial charge in [0.05, 0.1) is 5.69 Å². The highest BCUT2D eigenvalue weighted by atomic mass is 32.2. The topological polar surface area (TPSA) is 42.2 Å². The summed E-state index contributed by atoms with van der Waals surface area (Å²) in [6.07, 6.45) is 1.85. The van der Waals surface area contributed by atoms with Crippen molar-refractivity contribution in [3.8, 4) is 0 Å². The van der Waals surface area contributed by atoms with Crippen LogP contribution < -0.4 is 10.6 Å². The Hall–Kier alpha value is -0.900. The average Bonchev–Trinajstić information content (AvgIpc) is 2.27. The van der Waals surface area contributed by atoms with Gasteiger partial charge in [-0.05, 0) is 25.5 Å². The second kappa shape index (κ2) is 4.53. The Kier molecular flexibility index (Phi) is 3.28. The lowest BCUT2D eigenvalue weighted by molar-refractivity contribution is 0.621. The second-order valence-corrected chi connectivity index (χ2v) is 5.86. The van der Waals surface area contributed by atoms with Crippen LogP contribution in [0.4, 0.5) is 11.5 Å². The van der Waals surface area contributed by atoms with Crippen molar-refractivity contribution in [2.75, 3.05) is 22.9 Å². The number of pyridine rings is 1. The van der Waals surface area contributed by atoms with Crippen LogP contribution in [-0.4, -0.2) is 28.6 Å². The van der Waals surface area contributed by atoms with Gasteiger partial charge < -0.3 is 10.6 Å². The Morgan fingerprint density at radius 1 is 1.50 bits per heavy atom. The van der Waals surface area contributed by atoms with Crippen molar-refractivity contribution in [3.63, 3.8) is 0 Å². The third-order valence-electron chi connectivity index (χ3n) is 3.34. The summed E-state index contributed by atoms with van der Waals surface area (Å²) in [5.74, 6) is 2.11. The lowest BCUT2D eigenvalue weighted by Crippen LogP contribution is -2.45. The fourth-order valence-corrected chi connectivity index (χ4v) is 3.12. The molecule has 2 N–H and O–H groups in total. The molecule has 1 aliphatic heterocycles. The van der Waals surface area contributed by atoms with Crippen LogP contribution in [0.25, 0.3) is 0 Å². The molecule has 1 fully saturated rings. The van der Waals surface area contributed by atoms with E-state index in [-0.39, 0.29) is 0 Å². The van der Waals surface area contributed by atoms with Crippen molar-refractivity contribution in [1.29, 1.82) is 0 Å². The normalized spacial score (nSPS) is 25.8. The Balaban J connectivity index is 2.32. The molecule has 88 valence electrons. The van der Waals surface area contributed by atoms with Gasteiger partial charge in [-0.3, -0.25) is 0 Å². The molecule has 2 rings (SSSR count). The number of aromatic nitrogens is 1. The summed E-state index contributed by atoms with van der Waals surface area (Å²) in [6.45, 7) is 7.60. The molecule has 1 aromatic heterocycles. The van der Waals surface area contributed by atoms with E-state index in [0.29, 0.717) is 11.3 Å². The first-order valence-electron chi connectivity index (χ1n) is 5.70. The maximum Gasteiger partial charge on any atom is 0.152 e. The van der Waals surface area contributed by atoms with Crippen LogP contribution in [-0.2, 0) is 0 Å². The van der Waals surface area contributed by atoms with Gasteiger partial charge >= 0.3 is 0 Å². The molecule has 0 amide bonds. The number of thioether (sulfide) groups is 1. The summed E-state index contributed by atoms with van der Waals surface area (Å²) in [5, 5.41) is 0.635. The van der Waals surface area contributed by atoms with E-state index in [0.717, 1.165) is 29.4 Å². The summed E-state index contributed by atoms with van der Waals surface area (Å²) >= 11 is 2.02. The van der Waals surface area contributed by atoms with E-state index in [1.165, 1.54) is 0 Å². The van der Waals surface area contributed by atoms with Crippen LogP contribution in [0, 0.1) is 6.92 Å². The molecular weight excluding hydrogens is 218 g/mol. The number of hydrogen-bond acceptors (Lipinski definition) is 4. The minimum atomic E-state index is 0.496. The monoisotopic (exact) mass is 237 g/mol. The molecule has 3 nitrogen and oxygen atoms in total. The van der Waals surface area contributed by atoms with E-state index in [1.54, 1.807) is 0 Å². The number of aryl methyl sites for hydroxylation is 1. The molecule has 1 saturated heterocycles. The van der Waals surface area contributed by atoms with E-state index in [1.807, 2.05) is 30.9 Å². The third kappa shape index (κ3) is 1.98. The number of nitrogen functional groups attached to an aromatic ring is 1. The summed E-state index contributed by atoms with van der Waals surface area (Å²) in [7, 11) is 0. The predicted molar refractivity (Wildman–Crippen MR) is 72.1 cm³/mol. The minimum Gasteiger partial charge on any atom is -0.396 e. The standard InChI is InChI=1S/C12H19N3S/c1-8-4-5-14-12(11(8)13)15-6-7-16-10(3)9(15)2/h4-5,9-10H,6-7,13H2,1-3H3. The molecule has 16 heavy (non-hydrogen) atoms. The molecule has 0 aromatic carbocycles. The maximum absolute atomic E-state index is 6.11. The van der Waals surface area contributed by atoms with Crippen molar-refractivity contribution in [2.45, 2.75) is 32.1 Å². The summed E-state index contributed by atoms with van der Waals surface area (Å²) in [4.78, 5) is 6.78. The highest BCUT2D eigenvalue weighted by Crippen LogP contribution is 2.31. The Labute approximate surface area is 101 Å². The van der Waals surface area contributed by atoms with Crippen molar-refractivity contribution in [2.24, 2.45) is 0 Å². The first-order valence-corrected chi connectivity index (χ1v) is 6.75. The fraction of sp³-hybridized carbons (Fsp3) is 0.583. The van der Waals surface area contributed by atoms with E-state index in [9.17, 15) is 0 Å². The van der Waals surface area contributed by atoms with Gasteiger partial charge in [-0.2, -0.15) is 11.8 Å². The lowest BCUT2D eigenvalue weighted by Gasteiger charge is -2.39. The molecule has 0 bridgehead atoms. The quantitative estimate of drug-likeness (QED) is 0.814. The second-order valence-electron chi connectivity index (χ2n) is 4.38. The highest BCUT2D eigenvalue weighted by molar-refractivity contribution is 8.00.